The number of nitrogens with zero attached hydrogens (tertiary/aromatic N) is 1. The van der Waals surface area contributed by atoms with Crippen LogP contribution in [0.5, 0.6) is 0 Å². The molecule has 0 fully saturated rings. The largest absolute Gasteiger partial charge is 0.369 e. The van der Waals surface area contributed by atoms with E-state index < -0.39 is 5.54 Å². The van der Waals surface area contributed by atoms with Crippen LogP contribution in [0.4, 0.5) is 5.69 Å². The van der Waals surface area contributed by atoms with Gasteiger partial charge in [-0.1, -0.05) is 17.7 Å². The maximum absolute atomic E-state index is 11.9. The van der Waals surface area contributed by atoms with Gasteiger partial charge in [0.25, 0.3) is 0 Å². The Bertz CT molecular complexity index is 527. The molecule has 1 heterocycles. The summed E-state index contributed by atoms with van der Waals surface area (Å²) in [4.78, 5) is 14.2. The highest BCUT2D eigenvalue weighted by Crippen LogP contribution is 2.29. The average molecular weight is 289 g/mol. The summed E-state index contributed by atoms with van der Waals surface area (Å²) in [5, 5.41) is 3.33. The molecular formula is C17H27N3O. The Balaban J connectivity index is 2.25. The molecule has 1 atom stereocenters. The first-order valence-corrected chi connectivity index (χ1v) is 7.74. The van der Waals surface area contributed by atoms with E-state index in [-0.39, 0.29) is 11.9 Å². The molecule has 1 aromatic rings. The molecule has 0 aliphatic carbocycles. The Morgan fingerprint density at radius 1 is 1.48 bits per heavy atom. The molecule has 0 radical (unpaired) electrons. The third-order valence-electron chi connectivity index (χ3n) is 4.11. The van der Waals surface area contributed by atoms with E-state index in [9.17, 15) is 4.79 Å². The topological polar surface area (TPSA) is 58.4 Å². The van der Waals surface area contributed by atoms with Gasteiger partial charge in [-0.15, -0.1) is 0 Å². The lowest BCUT2D eigenvalue weighted by atomic mass is 9.95. The van der Waals surface area contributed by atoms with Gasteiger partial charge >= 0.3 is 0 Å². The van der Waals surface area contributed by atoms with Gasteiger partial charge in [-0.05, 0) is 52.2 Å². The zero-order chi connectivity index (χ0) is 15.6. The number of carbonyl (C=O) groups is 1. The van der Waals surface area contributed by atoms with Crippen molar-refractivity contribution in [1.82, 2.24) is 5.32 Å². The van der Waals surface area contributed by atoms with E-state index in [1.54, 1.807) is 0 Å². The van der Waals surface area contributed by atoms with Gasteiger partial charge in [0, 0.05) is 24.8 Å². The molecule has 2 rings (SSSR count). The number of hydrogen-bond donors (Lipinski definition) is 2. The highest BCUT2D eigenvalue weighted by Gasteiger charge is 2.34. The van der Waals surface area contributed by atoms with Gasteiger partial charge in [0.15, 0.2) is 0 Å². The SMILES string of the molecule is Cc1ccc2c(c1)CCCN2CC(C)(NC(C)C)C(N)=O. The number of fused-ring (bicyclic) bond motifs is 1. The Hall–Kier alpha value is -1.55. The number of aryl methyl sites for hydroxylation is 2. The van der Waals surface area contributed by atoms with Crippen LogP contribution in [0.15, 0.2) is 18.2 Å². The number of amides is 1. The fraction of sp³-hybridized carbons (Fsp3) is 0.588. The van der Waals surface area contributed by atoms with Gasteiger partial charge < -0.3 is 10.6 Å². The summed E-state index contributed by atoms with van der Waals surface area (Å²) in [6.07, 6.45) is 2.23. The summed E-state index contributed by atoms with van der Waals surface area (Å²) in [6, 6.07) is 6.76. The van der Waals surface area contributed by atoms with Gasteiger partial charge in [-0.25, -0.2) is 0 Å². The number of nitrogens with two attached hydrogens (primary N) is 1. The van der Waals surface area contributed by atoms with Crippen LogP contribution >= 0.6 is 0 Å². The molecule has 21 heavy (non-hydrogen) atoms. The smallest absolute Gasteiger partial charge is 0.239 e. The lowest BCUT2D eigenvalue weighted by Crippen LogP contribution is -2.61. The third-order valence-corrected chi connectivity index (χ3v) is 4.11. The van der Waals surface area contributed by atoms with Crippen molar-refractivity contribution in [1.29, 1.82) is 0 Å². The standard InChI is InChI=1S/C17H27N3O/c1-12(2)19-17(4,16(18)21)11-20-9-5-6-14-10-13(3)7-8-15(14)20/h7-8,10,12,19H,5-6,9,11H2,1-4H3,(H2,18,21). The number of hydrogen-bond acceptors (Lipinski definition) is 3. The fourth-order valence-corrected chi connectivity index (χ4v) is 3.18. The normalized spacial score (nSPS) is 17.5. The van der Waals surface area contributed by atoms with Crippen LogP contribution in [-0.2, 0) is 11.2 Å². The van der Waals surface area contributed by atoms with E-state index in [1.165, 1.54) is 16.8 Å². The second-order valence-corrected chi connectivity index (χ2v) is 6.65. The quantitative estimate of drug-likeness (QED) is 0.871. The van der Waals surface area contributed by atoms with Gasteiger partial charge in [-0.2, -0.15) is 0 Å². The molecule has 0 bridgehead atoms. The summed E-state index contributed by atoms with van der Waals surface area (Å²) < 4.78 is 0. The van der Waals surface area contributed by atoms with Gasteiger partial charge in [0.1, 0.15) is 5.54 Å². The predicted molar refractivity (Wildman–Crippen MR) is 87.6 cm³/mol. The molecule has 0 saturated heterocycles. The summed E-state index contributed by atoms with van der Waals surface area (Å²) in [7, 11) is 0. The van der Waals surface area contributed by atoms with Crippen molar-refractivity contribution in [2.45, 2.75) is 52.1 Å². The number of anilines is 1. The fourth-order valence-electron chi connectivity index (χ4n) is 3.18. The first-order chi connectivity index (χ1) is 9.82. The van der Waals surface area contributed by atoms with Crippen LogP contribution in [0.25, 0.3) is 0 Å². The maximum Gasteiger partial charge on any atom is 0.239 e. The first kappa shape index (κ1) is 15.8. The van der Waals surface area contributed by atoms with Crippen LogP contribution in [0.2, 0.25) is 0 Å². The molecule has 0 aromatic heterocycles. The van der Waals surface area contributed by atoms with Crippen molar-refractivity contribution in [2.24, 2.45) is 5.73 Å². The minimum Gasteiger partial charge on any atom is -0.369 e. The van der Waals surface area contributed by atoms with Crippen molar-refractivity contribution in [3.63, 3.8) is 0 Å². The molecule has 0 saturated carbocycles. The molecule has 4 heteroatoms. The molecule has 1 aliphatic rings. The van der Waals surface area contributed by atoms with Crippen LogP contribution in [0.1, 0.15) is 38.3 Å². The third kappa shape index (κ3) is 3.56. The molecule has 4 nitrogen and oxygen atoms in total. The van der Waals surface area contributed by atoms with E-state index >= 15 is 0 Å². The zero-order valence-electron chi connectivity index (χ0n) is 13.6. The molecule has 116 valence electrons. The Morgan fingerprint density at radius 2 is 2.19 bits per heavy atom. The van der Waals surface area contributed by atoms with Crippen molar-refractivity contribution < 1.29 is 4.79 Å². The van der Waals surface area contributed by atoms with E-state index in [0.29, 0.717) is 6.54 Å². The second-order valence-electron chi connectivity index (χ2n) is 6.65. The van der Waals surface area contributed by atoms with Gasteiger partial charge in [0.05, 0.1) is 0 Å². The minimum atomic E-state index is -0.715. The Labute approximate surface area is 127 Å². The van der Waals surface area contributed by atoms with Crippen LogP contribution < -0.4 is 16.0 Å². The number of carbonyl (C=O) groups excluding carboxylic acids is 1. The molecule has 1 amide bonds. The van der Waals surface area contributed by atoms with Crippen molar-refractivity contribution >= 4 is 11.6 Å². The van der Waals surface area contributed by atoms with E-state index in [1.807, 2.05) is 20.8 Å². The van der Waals surface area contributed by atoms with Crippen LogP contribution in [0.3, 0.4) is 0 Å². The predicted octanol–water partition coefficient (Wildman–Crippen LogP) is 1.99. The maximum atomic E-state index is 11.9. The van der Waals surface area contributed by atoms with E-state index in [4.69, 9.17) is 5.73 Å². The average Bonchev–Trinajstić information content (AvgIpc) is 2.37. The highest BCUT2D eigenvalue weighted by molar-refractivity contribution is 5.85. The molecule has 1 aliphatic heterocycles. The molecule has 1 aromatic carbocycles. The van der Waals surface area contributed by atoms with Crippen LogP contribution in [-0.4, -0.2) is 30.6 Å². The van der Waals surface area contributed by atoms with E-state index in [2.05, 4.69) is 35.3 Å². The van der Waals surface area contributed by atoms with E-state index in [0.717, 1.165) is 19.4 Å². The summed E-state index contributed by atoms with van der Waals surface area (Å²) in [5.74, 6) is -0.296. The highest BCUT2D eigenvalue weighted by atomic mass is 16.1. The molecular weight excluding hydrogens is 262 g/mol. The molecule has 0 spiro atoms. The summed E-state index contributed by atoms with van der Waals surface area (Å²) in [5.41, 5.74) is 8.84. The summed E-state index contributed by atoms with van der Waals surface area (Å²) >= 11 is 0. The minimum absolute atomic E-state index is 0.213. The number of nitrogens with one attached hydrogen (secondary N) is 1. The van der Waals surface area contributed by atoms with Crippen molar-refractivity contribution in [2.75, 3.05) is 18.0 Å². The second kappa shape index (κ2) is 6.06. The molecule has 3 N–H and O–H groups in total. The number of primary amides is 1. The van der Waals surface area contributed by atoms with Crippen LogP contribution in [0, 0.1) is 6.92 Å². The number of benzene rings is 1. The Kier molecular flexibility index (Phi) is 4.57. The summed E-state index contributed by atoms with van der Waals surface area (Å²) in [6.45, 7) is 9.67. The van der Waals surface area contributed by atoms with Gasteiger partial charge in [0.2, 0.25) is 5.91 Å². The monoisotopic (exact) mass is 289 g/mol. The first-order valence-electron chi connectivity index (χ1n) is 7.74. The lowest BCUT2D eigenvalue weighted by molar-refractivity contribution is -0.123. The van der Waals surface area contributed by atoms with Gasteiger partial charge in [-0.3, -0.25) is 10.1 Å². The van der Waals surface area contributed by atoms with Crippen molar-refractivity contribution in [3.05, 3.63) is 29.3 Å². The zero-order valence-corrected chi connectivity index (χ0v) is 13.6. The lowest BCUT2D eigenvalue weighted by Gasteiger charge is -2.39. The van der Waals surface area contributed by atoms with Crippen molar-refractivity contribution in [3.8, 4) is 0 Å². The molecule has 1 unspecified atom stereocenters. The Morgan fingerprint density at radius 3 is 2.81 bits per heavy atom. The number of rotatable bonds is 5.